The van der Waals surface area contributed by atoms with Crippen LogP contribution in [0.1, 0.15) is 29.3 Å². The molecule has 2 aromatic rings. The average Bonchev–Trinajstić information content (AvgIpc) is 3.04. The summed E-state index contributed by atoms with van der Waals surface area (Å²) in [6.45, 7) is 5.45. The van der Waals surface area contributed by atoms with Gasteiger partial charge in [-0.05, 0) is 38.0 Å². The van der Waals surface area contributed by atoms with Gasteiger partial charge in [-0.25, -0.2) is 4.68 Å². The summed E-state index contributed by atoms with van der Waals surface area (Å²) >= 11 is 0. The number of hydrogen-bond donors (Lipinski definition) is 1. The maximum atomic E-state index is 5.48. The standard InChI is InChI=1S/C15H17N3O2/c1-9-10(2)17-18-12(5-6-16-15(9)18)11-3-4-13-14(7-11)20-8-19-13/h3-4,7,12,16H,5-6,8H2,1-2H3. The van der Waals surface area contributed by atoms with Crippen LogP contribution in [-0.4, -0.2) is 23.1 Å². The van der Waals surface area contributed by atoms with Gasteiger partial charge in [0, 0.05) is 12.1 Å². The average molecular weight is 271 g/mol. The van der Waals surface area contributed by atoms with E-state index in [4.69, 9.17) is 9.47 Å². The number of rotatable bonds is 1. The number of nitrogens with zero attached hydrogens (tertiary/aromatic N) is 2. The van der Waals surface area contributed by atoms with E-state index in [1.807, 2.05) is 6.07 Å². The van der Waals surface area contributed by atoms with E-state index in [9.17, 15) is 0 Å². The lowest BCUT2D eigenvalue weighted by atomic mass is 10.0. The molecule has 2 aliphatic heterocycles. The summed E-state index contributed by atoms with van der Waals surface area (Å²) in [5.74, 6) is 2.80. The Labute approximate surface area is 117 Å². The third kappa shape index (κ3) is 1.59. The predicted molar refractivity (Wildman–Crippen MR) is 75.5 cm³/mol. The van der Waals surface area contributed by atoms with Gasteiger partial charge in [0.1, 0.15) is 5.82 Å². The molecule has 0 saturated carbocycles. The largest absolute Gasteiger partial charge is 0.454 e. The molecular weight excluding hydrogens is 254 g/mol. The zero-order valence-electron chi connectivity index (χ0n) is 11.6. The molecule has 0 spiro atoms. The highest BCUT2D eigenvalue weighted by molar-refractivity contribution is 5.51. The molecule has 104 valence electrons. The summed E-state index contributed by atoms with van der Waals surface area (Å²) in [6, 6.07) is 6.43. The molecule has 1 aromatic heterocycles. The van der Waals surface area contributed by atoms with Gasteiger partial charge in [-0.1, -0.05) is 6.07 Å². The Morgan fingerprint density at radius 3 is 3.00 bits per heavy atom. The van der Waals surface area contributed by atoms with E-state index in [0.29, 0.717) is 6.79 Å². The van der Waals surface area contributed by atoms with E-state index in [2.05, 4.69) is 41.1 Å². The molecule has 3 heterocycles. The first-order valence-corrected chi connectivity index (χ1v) is 6.93. The molecular formula is C15H17N3O2. The first kappa shape index (κ1) is 11.6. The smallest absolute Gasteiger partial charge is 0.231 e. The van der Waals surface area contributed by atoms with Gasteiger partial charge in [0.05, 0.1) is 11.7 Å². The van der Waals surface area contributed by atoms with Crippen molar-refractivity contribution in [2.45, 2.75) is 26.3 Å². The van der Waals surface area contributed by atoms with E-state index < -0.39 is 0 Å². The van der Waals surface area contributed by atoms with E-state index in [0.717, 1.165) is 36.0 Å². The van der Waals surface area contributed by atoms with Crippen molar-refractivity contribution in [2.24, 2.45) is 0 Å². The van der Waals surface area contributed by atoms with Gasteiger partial charge in [-0.2, -0.15) is 5.10 Å². The first-order chi connectivity index (χ1) is 9.74. The van der Waals surface area contributed by atoms with Crippen molar-refractivity contribution in [3.8, 4) is 11.5 Å². The Morgan fingerprint density at radius 1 is 1.25 bits per heavy atom. The Hall–Kier alpha value is -2.17. The van der Waals surface area contributed by atoms with E-state index >= 15 is 0 Å². The minimum Gasteiger partial charge on any atom is -0.454 e. The van der Waals surface area contributed by atoms with Crippen molar-refractivity contribution >= 4 is 5.82 Å². The summed E-state index contributed by atoms with van der Waals surface area (Å²) in [5, 5.41) is 8.13. The minimum atomic E-state index is 0.258. The summed E-state index contributed by atoms with van der Waals surface area (Å²) in [7, 11) is 0. The van der Waals surface area contributed by atoms with Gasteiger partial charge in [0.25, 0.3) is 0 Å². The second-order valence-electron chi connectivity index (χ2n) is 5.35. The molecule has 2 aliphatic rings. The summed E-state index contributed by atoms with van der Waals surface area (Å²) < 4.78 is 13.0. The molecule has 1 N–H and O–H groups in total. The van der Waals surface area contributed by atoms with Gasteiger partial charge in [0.2, 0.25) is 6.79 Å². The minimum absolute atomic E-state index is 0.258. The Morgan fingerprint density at radius 2 is 2.10 bits per heavy atom. The van der Waals surface area contributed by atoms with Gasteiger partial charge < -0.3 is 14.8 Å². The molecule has 0 saturated heterocycles. The van der Waals surface area contributed by atoms with Crippen LogP contribution in [0.25, 0.3) is 0 Å². The molecule has 5 heteroatoms. The summed E-state index contributed by atoms with van der Waals surface area (Å²) in [5.41, 5.74) is 3.54. The summed E-state index contributed by atoms with van der Waals surface area (Å²) in [6.07, 6.45) is 1.02. The first-order valence-electron chi connectivity index (χ1n) is 6.93. The topological polar surface area (TPSA) is 48.3 Å². The van der Waals surface area contributed by atoms with Crippen molar-refractivity contribution in [2.75, 3.05) is 18.7 Å². The lowest BCUT2D eigenvalue weighted by molar-refractivity contribution is 0.174. The highest BCUT2D eigenvalue weighted by Crippen LogP contribution is 2.38. The van der Waals surface area contributed by atoms with Crippen molar-refractivity contribution in [1.29, 1.82) is 0 Å². The molecule has 5 nitrogen and oxygen atoms in total. The number of aryl methyl sites for hydroxylation is 1. The Kier molecular flexibility index (Phi) is 2.42. The molecule has 0 radical (unpaired) electrons. The van der Waals surface area contributed by atoms with Crippen LogP contribution in [0.4, 0.5) is 5.82 Å². The van der Waals surface area contributed by atoms with E-state index in [-0.39, 0.29) is 6.04 Å². The van der Waals surface area contributed by atoms with Crippen LogP contribution in [0.2, 0.25) is 0 Å². The van der Waals surface area contributed by atoms with Crippen LogP contribution >= 0.6 is 0 Å². The molecule has 4 rings (SSSR count). The molecule has 0 bridgehead atoms. The number of hydrogen-bond acceptors (Lipinski definition) is 4. The lowest BCUT2D eigenvalue weighted by Gasteiger charge is -2.26. The molecule has 1 atom stereocenters. The third-order valence-electron chi connectivity index (χ3n) is 4.17. The van der Waals surface area contributed by atoms with Crippen molar-refractivity contribution in [3.63, 3.8) is 0 Å². The van der Waals surface area contributed by atoms with Crippen LogP contribution in [0.3, 0.4) is 0 Å². The number of ether oxygens (including phenoxy) is 2. The quantitative estimate of drug-likeness (QED) is 0.866. The number of anilines is 1. The second-order valence-corrected chi connectivity index (χ2v) is 5.35. The van der Waals surface area contributed by atoms with Gasteiger partial charge in [-0.3, -0.25) is 0 Å². The summed E-state index contributed by atoms with van der Waals surface area (Å²) in [4.78, 5) is 0. The van der Waals surface area contributed by atoms with E-state index in [1.165, 1.54) is 11.1 Å². The number of aromatic nitrogens is 2. The van der Waals surface area contributed by atoms with Crippen molar-refractivity contribution in [1.82, 2.24) is 9.78 Å². The fourth-order valence-electron chi connectivity index (χ4n) is 2.95. The number of benzene rings is 1. The van der Waals surface area contributed by atoms with Gasteiger partial charge >= 0.3 is 0 Å². The fraction of sp³-hybridized carbons (Fsp3) is 0.400. The van der Waals surface area contributed by atoms with Gasteiger partial charge in [0.15, 0.2) is 11.5 Å². The van der Waals surface area contributed by atoms with Crippen LogP contribution < -0.4 is 14.8 Å². The molecule has 0 fully saturated rings. The predicted octanol–water partition coefficient (Wildman–Crippen LogP) is 2.63. The number of nitrogens with one attached hydrogen (secondary N) is 1. The monoisotopic (exact) mass is 271 g/mol. The molecule has 20 heavy (non-hydrogen) atoms. The molecule has 0 aliphatic carbocycles. The Balaban J connectivity index is 1.79. The maximum Gasteiger partial charge on any atom is 0.231 e. The van der Waals surface area contributed by atoms with E-state index in [1.54, 1.807) is 0 Å². The number of fused-ring (bicyclic) bond motifs is 2. The highest BCUT2D eigenvalue weighted by Gasteiger charge is 2.26. The van der Waals surface area contributed by atoms with Crippen LogP contribution in [0.5, 0.6) is 11.5 Å². The fourth-order valence-corrected chi connectivity index (χ4v) is 2.95. The molecule has 1 unspecified atom stereocenters. The molecule has 0 amide bonds. The van der Waals surface area contributed by atoms with Crippen LogP contribution in [-0.2, 0) is 0 Å². The normalized spacial score (nSPS) is 19.6. The molecule has 1 aromatic carbocycles. The second kappa shape index (κ2) is 4.16. The van der Waals surface area contributed by atoms with Crippen molar-refractivity contribution < 1.29 is 9.47 Å². The van der Waals surface area contributed by atoms with Gasteiger partial charge in [-0.15, -0.1) is 0 Å². The van der Waals surface area contributed by atoms with Crippen molar-refractivity contribution in [3.05, 3.63) is 35.0 Å². The third-order valence-corrected chi connectivity index (χ3v) is 4.17. The van der Waals surface area contributed by atoms with Crippen LogP contribution in [0.15, 0.2) is 18.2 Å². The highest BCUT2D eigenvalue weighted by atomic mass is 16.7. The maximum absolute atomic E-state index is 5.48. The zero-order valence-corrected chi connectivity index (χ0v) is 11.6. The SMILES string of the molecule is Cc1nn2c(c1C)NCCC2c1ccc2c(c1)OCO2. The lowest BCUT2D eigenvalue weighted by Crippen LogP contribution is -2.24. The zero-order chi connectivity index (χ0) is 13.7. The van der Waals surface area contributed by atoms with Crippen LogP contribution in [0, 0.1) is 13.8 Å². The Bertz CT molecular complexity index is 678.